The van der Waals surface area contributed by atoms with Gasteiger partial charge in [-0.3, -0.25) is 9.97 Å². The summed E-state index contributed by atoms with van der Waals surface area (Å²) in [6.45, 7) is 4.30. The fourth-order valence-corrected chi connectivity index (χ4v) is 6.24. The summed E-state index contributed by atoms with van der Waals surface area (Å²) in [5.74, 6) is 3.28. The Balaban J connectivity index is 0.000000132. The van der Waals surface area contributed by atoms with E-state index in [0.29, 0.717) is 24.2 Å². The van der Waals surface area contributed by atoms with Crippen molar-refractivity contribution in [3.05, 3.63) is 97.6 Å². The molecule has 4 saturated heterocycles. The number of piperazine rings is 2. The lowest BCUT2D eigenvalue weighted by molar-refractivity contribution is 0.479. The molecule has 0 radical (unpaired) electrons. The van der Waals surface area contributed by atoms with Gasteiger partial charge in [0.1, 0.15) is 23.0 Å². The van der Waals surface area contributed by atoms with Crippen LogP contribution in [0.4, 0.5) is 11.4 Å². The second-order valence-electron chi connectivity index (χ2n) is 10.9. The number of para-hydroxylation sites is 2. The number of ether oxygens (including phenoxy) is 2. The second kappa shape index (κ2) is 11.2. The van der Waals surface area contributed by atoms with Gasteiger partial charge < -0.3 is 29.9 Å². The summed E-state index contributed by atoms with van der Waals surface area (Å²) in [5, 5.41) is 7.03. The highest BCUT2D eigenvalue weighted by molar-refractivity contribution is 5.53. The number of fused-ring (bicyclic) bond motifs is 4. The molecule has 4 atom stereocenters. The van der Waals surface area contributed by atoms with Gasteiger partial charge in [0.05, 0.1) is 36.2 Å². The molecule has 2 aromatic heterocycles. The van der Waals surface area contributed by atoms with Crippen LogP contribution in [-0.2, 0) is 0 Å². The van der Waals surface area contributed by atoms with Crippen molar-refractivity contribution >= 4 is 11.4 Å². The Labute approximate surface area is 235 Å². The summed E-state index contributed by atoms with van der Waals surface area (Å²) in [4.78, 5) is 13.5. The van der Waals surface area contributed by atoms with Gasteiger partial charge >= 0.3 is 0 Å². The minimum atomic E-state index is 0.605. The Morgan fingerprint density at radius 1 is 0.575 bits per heavy atom. The van der Waals surface area contributed by atoms with Crippen LogP contribution in [-0.4, -0.2) is 60.3 Å². The van der Waals surface area contributed by atoms with E-state index in [-0.39, 0.29) is 0 Å². The summed E-state index contributed by atoms with van der Waals surface area (Å²) in [5.41, 5.74) is 2.32. The van der Waals surface area contributed by atoms with Crippen LogP contribution in [0.25, 0.3) is 0 Å². The topological polar surface area (TPSA) is 74.8 Å². The molecule has 4 aliphatic heterocycles. The molecule has 8 heteroatoms. The monoisotopic (exact) mass is 534 g/mol. The van der Waals surface area contributed by atoms with E-state index in [9.17, 15) is 0 Å². The molecule has 40 heavy (non-hydrogen) atoms. The molecular formula is C32H34N6O2. The molecule has 204 valence electrons. The number of benzene rings is 2. The highest BCUT2D eigenvalue weighted by atomic mass is 16.5. The van der Waals surface area contributed by atoms with Crippen molar-refractivity contribution in [2.75, 3.05) is 36.0 Å². The van der Waals surface area contributed by atoms with Gasteiger partial charge in [0.15, 0.2) is 0 Å². The highest BCUT2D eigenvalue weighted by Gasteiger charge is 2.38. The van der Waals surface area contributed by atoms with Crippen LogP contribution in [0.15, 0.2) is 97.6 Å². The van der Waals surface area contributed by atoms with Crippen LogP contribution in [0.3, 0.4) is 0 Å². The summed E-state index contributed by atoms with van der Waals surface area (Å²) < 4.78 is 11.7. The molecule has 4 aromatic rings. The quantitative estimate of drug-likeness (QED) is 0.364. The van der Waals surface area contributed by atoms with Crippen LogP contribution < -0.4 is 29.9 Å². The molecule has 4 bridgehead atoms. The summed E-state index contributed by atoms with van der Waals surface area (Å²) in [6.07, 6.45) is 9.87. The maximum Gasteiger partial charge on any atom is 0.147 e. The van der Waals surface area contributed by atoms with Gasteiger partial charge in [0.25, 0.3) is 0 Å². The van der Waals surface area contributed by atoms with Crippen LogP contribution in [0.1, 0.15) is 12.8 Å². The van der Waals surface area contributed by atoms with Crippen LogP contribution >= 0.6 is 0 Å². The first-order valence-corrected chi connectivity index (χ1v) is 14.1. The van der Waals surface area contributed by atoms with Gasteiger partial charge in [-0.2, -0.15) is 0 Å². The van der Waals surface area contributed by atoms with Crippen molar-refractivity contribution in [2.24, 2.45) is 0 Å². The highest BCUT2D eigenvalue weighted by Crippen LogP contribution is 2.33. The zero-order valence-electron chi connectivity index (χ0n) is 22.4. The smallest absolute Gasteiger partial charge is 0.147 e. The number of hydrogen-bond donors (Lipinski definition) is 2. The number of hydrogen-bond acceptors (Lipinski definition) is 8. The maximum atomic E-state index is 5.85. The molecule has 6 heterocycles. The second-order valence-corrected chi connectivity index (χ2v) is 10.9. The maximum absolute atomic E-state index is 5.85. The number of nitrogens with zero attached hydrogens (tertiary/aromatic N) is 4. The minimum Gasteiger partial charge on any atom is -0.456 e. The largest absolute Gasteiger partial charge is 0.456 e. The summed E-state index contributed by atoms with van der Waals surface area (Å²) in [7, 11) is 0. The Morgan fingerprint density at radius 2 is 1.02 bits per heavy atom. The predicted molar refractivity (Wildman–Crippen MR) is 157 cm³/mol. The number of aromatic nitrogens is 2. The van der Waals surface area contributed by atoms with Crippen molar-refractivity contribution in [3.8, 4) is 23.0 Å². The first kappa shape index (κ1) is 24.9. The predicted octanol–water partition coefficient (Wildman–Crippen LogP) is 4.85. The van der Waals surface area contributed by atoms with Crippen molar-refractivity contribution in [1.82, 2.24) is 20.6 Å². The SMILES string of the molecule is c1ccc(Oc2cncc(N3C[C@@H]4C[C@H]3CN4)c2)cc1.c1ccc(Oc2cncc(N3C[C@H]4C[C@@H]3CN4)c2)cc1. The Kier molecular flexibility index (Phi) is 6.93. The van der Waals surface area contributed by atoms with Crippen LogP contribution in [0.5, 0.6) is 23.0 Å². The molecule has 0 aliphatic carbocycles. The number of anilines is 2. The fraction of sp³-hybridized carbons (Fsp3) is 0.312. The molecule has 4 fully saturated rings. The Morgan fingerprint density at radius 3 is 1.40 bits per heavy atom. The third-order valence-corrected chi connectivity index (χ3v) is 8.13. The van der Waals surface area contributed by atoms with Gasteiger partial charge in [-0.1, -0.05) is 36.4 Å². The number of nitrogens with one attached hydrogen (secondary N) is 2. The van der Waals surface area contributed by atoms with Crippen molar-refractivity contribution < 1.29 is 9.47 Å². The van der Waals surface area contributed by atoms with E-state index < -0.39 is 0 Å². The summed E-state index contributed by atoms with van der Waals surface area (Å²) >= 11 is 0. The molecule has 0 unspecified atom stereocenters. The minimum absolute atomic E-state index is 0.605. The average molecular weight is 535 g/mol. The molecule has 0 spiro atoms. The Hall–Kier alpha value is -4.14. The fourth-order valence-electron chi connectivity index (χ4n) is 6.24. The van der Waals surface area contributed by atoms with Crippen molar-refractivity contribution in [2.45, 2.75) is 37.0 Å². The first-order chi connectivity index (χ1) is 19.8. The molecule has 8 nitrogen and oxygen atoms in total. The zero-order valence-corrected chi connectivity index (χ0v) is 22.4. The van der Waals surface area contributed by atoms with Crippen LogP contribution in [0.2, 0.25) is 0 Å². The van der Waals surface area contributed by atoms with E-state index in [0.717, 1.165) is 60.6 Å². The molecule has 0 amide bonds. The van der Waals surface area contributed by atoms with E-state index in [4.69, 9.17) is 9.47 Å². The first-order valence-electron chi connectivity index (χ1n) is 14.1. The molecule has 2 N–H and O–H groups in total. The molecular weight excluding hydrogens is 500 g/mol. The molecule has 2 aromatic carbocycles. The Bertz CT molecular complexity index is 1310. The lowest BCUT2D eigenvalue weighted by Crippen LogP contribution is -2.43. The van der Waals surface area contributed by atoms with Crippen molar-refractivity contribution in [3.63, 3.8) is 0 Å². The van der Waals surface area contributed by atoms with E-state index in [1.54, 1.807) is 12.4 Å². The summed E-state index contributed by atoms with van der Waals surface area (Å²) in [6, 6.07) is 26.3. The zero-order chi connectivity index (χ0) is 26.7. The molecule has 0 saturated carbocycles. The lowest BCUT2D eigenvalue weighted by Gasteiger charge is -2.29. The van der Waals surface area contributed by atoms with Gasteiger partial charge in [0, 0.05) is 62.5 Å². The average Bonchev–Trinajstić information content (AvgIpc) is 3.82. The van der Waals surface area contributed by atoms with Gasteiger partial charge in [-0.25, -0.2) is 0 Å². The third-order valence-electron chi connectivity index (χ3n) is 8.13. The third kappa shape index (κ3) is 5.46. The van der Waals surface area contributed by atoms with Crippen molar-refractivity contribution in [1.29, 1.82) is 0 Å². The molecule has 8 rings (SSSR count). The molecule has 4 aliphatic rings. The van der Waals surface area contributed by atoms with E-state index in [1.807, 2.05) is 73.1 Å². The van der Waals surface area contributed by atoms with E-state index in [2.05, 4.69) is 42.5 Å². The standard InChI is InChI=1S/2C16H17N3O/c2*1-2-4-15(5-3-1)20-16-7-14(8-17-10-16)19-11-12-6-13(19)9-18-12/h2*1-5,7-8,10,12-13,18H,6,9,11H2/t2*12-,13-/m10/s1. The van der Waals surface area contributed by atoms with E-state index >= 15 is 0 Å². The number of pyridine rings is 2. The lowest BCUT2D eigenvalue weighted by atomic mass is 10.2. The van der Waals surface area contributed by atoms with Gasteiger partial charge in [-0.05, 0) is 37.1 Å². The normalized spacial score (nSPS) is 24.1. The van der Waals surface area contributed by atoms with Gasteiger partial charge in [0.2, 0.25) is 0 Å². The van der Waals surface area contributed by atoms with Gasteiger partial charge in [-0.15, -0.1) is 0 Å². The van der Waals surface area contributed by atoms with Crippen LogP contribution in [0, 0.1) is 0 Å². The van der Waals surface area contributed by atoms with E-state index in [1.165, 1.54) is 12.8 Å². The number of rotatable bonds is 6.